The number of hydrogen-bond acceptors (Lipinski definition) is 11. The van der Waals surface area contributed by atoms with Crippen LogP contribution in [-0.4, -0.2) is 38.9 Å². The van der Waals surface area contributed by atoms with Crippen molar-refractivity contribution in [2.75, 3.05) is 5.32 Å². The summed E-state index contributed by atoms with van der Waals surface area (Å²) in [5.74, 6) is 0. The quantitative estimate of drug-likeness (QED) is 0.0826. The van der Waals surface area contributed by atoms with Crippen LogP contribution in [0.5, 0.6) is 0 Å². The molecule has 0 aromatic heterocycles. The Hall–Kier alpha value is -5.43. The van der Waals surface area contributed by atoms with E-state index in [4.69, 9.17) is 0 Å². The number of benzene rings is 6. The molecule has 0 saturated carbocycles. The molecular weight excluding hydrogens is 695 g/mol. The maximum atomic E-state index is 12.4. The van der Waals surface area contributed by atoms with Gasteiger partial charge in [0.25, 0.3) is 30.4 Å². The van der Waals surface area contributed by atoms with Gasteiger partial charge >= 0.3 is 0 Å². The minimum Gasteiger partial charge on any atom is -0.355 e. The Morgan fingerprint density at radius 2 is 1.00 bits per heavy atom. The highest BCUT2D eigenvalue weighted by molar-refractivity contribution is 7.86. The second kappa shape index (κ2) is 12.9. The Bertz CT molecular complexity index is 2670. The molecule has 0 saturated heterocycles. The molecule has 49 heavy (non-hydrogen) atoms. The molecule has 248 valence electrons. The van der Waals surface area contributed by atoms with Gasteiger partial charge in [-0.2, -0.15) is 25.3 Å². The molecule has 0 aliphatic heterocycles. The first-order valence-electron chi connectivity index (χ1n) is 14.0. The fraction of sp³-hybridized carbons (Fsp3) is 0. The average Bonchev–Trinajstić information content (AvgIpc) is 3.06. The topological polar surface area (TPSA) is 225 Å². The van der Waals surface area contributed by atoms with E-state index in [0.717, 1.165) is 18.2 Å². The van der Waals surface area contributed by atoms with Crippen LogP contribution in [0, 0.1) is 0 Å². The van der Waals surface area contributed by atoms with Gasteiger partial charge < -0.3 is 5.32 Å². The maximum Gasteiger partial charge on any atom is 0.296 e. The molecule has 0 heterocycles. The first kappa shape index (κ1) is 33.5. The molecule has 6 aromatic carbocycles. The highest BCUT2D eigenvalue weighted by atomic mass is 32.2. The molecule has 0 atom stereocenters. The smallest absolute Gasteiger partial charge is 0.296 e. The molecule has 14 nitrogen and oxygen atoms in total. The van der Waals surface area contributed by atoms with Crippen LogP contribution in [0.25, 0.3) is 21.5 Å². The van der Waals surface area contributed by atoms with Crippen LogP contribution in [0.4, 0.5) is 34.1 Å². The Labute approximate surface area is 279 Å². The fourth-order valence-corrected chi connectivity index (χ4v) is 6.90. The number of fused-ring (bicyclic) bond motifs is 2. The van der Waals surface area contributed by atoms with Crippen molar-refractivity contribution in [1.82, 2.24) is 0 Å². The van der Waals surface area contributed by atoms with Gasteiger partial charge in [0.05, 0.1) is 22.0 Å². The van der Waals surface area contributed by atoms with E-state index in [1.807, 2.05) is 6.07 Å². The predicted molar refractivity (Wildman–Crippen MR) is 182 cm³/mol. The number of azo groups is 2. The molecule has 0 aliphatic carbocycles. The van der Waals surface area contributed by atoms with Crippen molar-refractivity contribution in [3.63, 3.8) is 0 Å². The molecule has 6 aromatic rings. The summed E-state index contributed by atoms with van der Waals surface area (Å²) in [6.45, 7) is 0. The fourth-order valence-electron chi connectivity index (χ4n) is 5.05. The molecule has 0 bridgehead atoms. The number of nitrogens with zero attached hydrogens (tertiary/aromatic N) is 4. The molecule has 6 rings (SSSR count). The van der Waals surface area contributed by atoms with E-state index >= 15 is 0 Å². The monoisotopic (exact) mass is 717 g/mol. The van der Waals surface area contributed by atoms with E-state index in [0.29, 0.717) is 16.8 Å². The maximum absolute atomic E-state index is 12.4. The van der Waals surface area contributed by atoms with Crippen molar-refractivity contribution in [1.29, 1.82) is 0 Å². The lowest BCUT2D eigenvalue weighted by Crippen LogP contribution is -2.01. The van der Waals surface area contributed by atoms with Crippen LogP contribution >= 0.6 is 0 Å². The number of hydrogen-bond donors (Lipinski definition) is 4. The summed E-state index contributed by atoms with van der Waals surface area (Å²) in [6, 6.07) is 28.3. The summed E-state index contributed by atoms with van der Waals surface area (Å²) >= 11 is 0. The van der Waals surface area contributed by atoms with Crippen molar-refractivity contribution < 1.29 is 38.9 Å². The number of rotatable bonds is 9. The van der Waals surface area contributed by atoms with Gasteiger partial charge in [0.2, 0.25) is 0 Å². The van der Waals surface area contributed by atoms with Gasteiger partial charge in [0.1, 0.15) is 15.5 Å². The SMILES string of the molecule is O=S(=O)(O)c1ccc2c(/N=N/c3ccccc3S(=O)(=O)O)ccc(/N=N/c3ccc(Nc4ccccc4)c4c(S(=O)(=O)O)cccc34)c2c1. The molecule has 0 unspecified atom stereocenters. The van der Waals surface area contributed by atoms with Gasteiger partial charge in [-0.1, -0.05) is 48.5 Å². The van der Waals surface area contributed by atoms with Crippen LogP contribution in [-0.2, 0) is 30.4 Å². The highest BCUT2D eigenvalue weighted by Gasteiger charge is 2.20. The van der Waals surface area contributed by atoms with E-state index in [9.17, 15) is 38.9 Å². The lowest BCUT2D eigenvalue weighted by molar-refractivity contribution is 0.481. The molecule has 0 amide bonds. The Kier molecular flexibility index (Phi) is 8.80. The average molecular weight is 718 g/mol. The first-order valence-corrected chi connectivity index (χ1v) is 18.3. The zero-order valence-electron chi connectivity index (χ0n) is 24.8. The van der Waals surface area contributed by atoms with Gasteiger partial charge in [-0.25, -0.2) is 0 Å². The zero-order chi connectivity index (χ0) is 35.0. The predicted octanol–water partition coefficient (Wildman–Crippen LogP) is 8.31. The Morgan fingerprint density at radius 1 is 0.449 bits per heavy atom. The van der Waals surface area contributed by atoms with Crippen LogP contribution in [0.1, 0.15) is 0 Å². The van der Waals surface area contributed by atoms with E-state index in [-0.39, 0.29) is 43.8 Å². The standard InChI is InChI=1S/C32H23N5O9S3/c38-47(39,40)21-13-14-22-24(19-21)27(16-15-25(22)34-37-28-10-4-5-11-30(28)48(41,42)43)36-35-26-17-18-29(33-20-7-2-1-3-8-20)32-23(26)9-6-12-31(32)49(44,45)46/h1-19,33H,(H,38,39,40)(H,41,42,43)(H,44,45,46)/b36-35+,37-34+. The second-order valence-corrected chi connectivity index (χ2v) is 14.6. The number of para-hydroxylation sites is 1. The third-order valence-corrected chi connectivity index (χ3v) is 9.87. The zero-order valence-corrected chi connectivity index (χ0v) is 27.2. The van der Waals surface area contributed by atoms with E-state index in [1.165, 1.54) is 48.5 Å². The minimum absolute atomic E-state index is 0.114. The lowest BCUT2D eigenvalue weighted by atomic mass is 10.1. The summed E-state index contributed by atoms with van der Waals surface area (Å²) in [6.07, 6.45) is 0. The molecule has 4 N–H and O–H groups in total. The normalized spacial score (nSPS) is 12.7. The highest BCUT2D eigenvalue weighted by Crippen LogP contribution is 2.40. The molecule has 0 aliphatic rings. The molecular formula is C32H23N5O9S3. The van der Waals surface area contributed by atoms with Crippen LogP contribution < -0.4 is 5.32 Å². The Balaban J connectivity index is 1.49. The number of nitrogens with one attached hydrogen (secondary N) is 1. The Morgan fingerprint density at radius 3 is 1.65 bits per heavy atom. The van der Waals surface area contributed by atoms with Crippen LogP contribution in [0.2, 0.25) is 0 Å². The van der Waals surface area contributed by atoms with Crippen LogP contribution in [0.15, 0.2) is 150 Å². The van der Waals surface area contributed by atoms with Crippen molar-refractivity contribution in [3.05, 3.63) is 115 Å². The third kappa shape index (κ3) is 7.21. The first-order chi connectivity index (χ1) is 23.2. The number of anilines is 2. The summed E-state index contributed by atoms with van der Waals surface area (Å²) in [5, 5.41) is 20.8. The molecule has 17 heteroatoms. The van der Waals surface area contributed by atoms with E-state index < -0.39 is 40.1 Å². The largest absolute Gasteiger partial charge is 0.355 e. The molecule has 0 radical (unpaired) electrons. The molecule has 0 fully saturated rings. The third-order valence-electron chi connectivity index (χ3n) is 7.22. The van der Waals surface area contributed by atoms with Gasteiger partial charge in [0.15, 0.2) is 0 Å². The summed E-state index contributed by atoms with van der Waals surface area (Å²) in [4.78, 5) is -1.30. The van der Waals surface area contributed by atoms with Crippen molar-refractivity contribution in [3.8, 4) is 0 Å². The van der Waals surface area contributed by atoms with Crippen LogP contribution in [0.3, 0.4) is 0 Å². The second-order valence-electron chi connectivity index (χ2n) is 10.4. The van der Waals surface area contributed by atoms with E-state index in [2.05, 4.69) is 25.8 Å². The summed E-state index contributed by atoms with van der Waals surface area (Å²) in [7, 11) is -13.9. The minimum atomic E-state index is -4.68. The van der Waals surface area contributed by atoms with E-state index in [1.54, 1.807) is 42.5 Å². The van der Waals surface area contributed by atoms with Crippen molar-refractivity contribution in [2.24, 2.45) is 20.5 Å². The summed E-state index contributed by atoms with van der Waals surface area (Å²) in [5.41, 5.74) is 1.33. The molecule has 0 spiro atoms. The van der Waals surface area contributed by atoms with Gasteiger partial charge in [-0.15, -0.1) is 20.5 Å². The lowest BCUT2D eigenvalue weighted by Gasteiger charge is -2.14. The van der Waals surface area contributed by atoms with Crippen molar-refractivity contribution in [2.45, 2.75) is 14.7 Å². The van der Waals surface area contributed by atoms with Gasteiger partial charge in [-0.05, 0) is 66.7 Å². The van der Waals surface area contributed by atoms with Crippen molar-refractivity contribution >= 4 is 86.0 Å². The van der Waals surface area contributed by atoms with Gasteiger partial charge in [-0.3, -0.25) is 13.7 Å². The van der Waals surface area contributed by atoms with Gasteiger partial charge in [0, 0.05) is 32.9 Å². The summed E-state index contributed by atoms with van der Waals surface area (Å²) < 4.78 is 102.